The van der Waals surface area contributed by atoms with E-state index >= 15 is 0 Å². The maximum absolute atomic E-state index is 11.8. The maximum atomic E-state index is 11.8. The third kappa shape index (κ3) is 1.61. The largest absolute Gasteiger partial charge is 0.368 e. The van der Waals surface area contributed by atoms with Crippen LogP contribution in [0, 0.1) is 0 Å². The summed E-state index contributed by atoms with van der Waals surface area (Å²) in [5.74, 6) is -0.262. The monoisotopic (exact) mass is 218 g/mol. The average Bonchev–Trinajstić information content (AvgIpc) is 2.29. The molecule has 1 aromatic rings. The number of benzene rings is 1. The fourth-order valence-electron chi connectivity index (χ4n) is 2.66. The number of hydrogen-bond acceptors (Lipinski definition) is 2. The van der Waals surface area contributed by atoms with E-state index in [9.17, 15) is 4.79 Å². The summed E-state index contributed by atoms with van der Waals surface area (Å²) in [6.45, 7) is 2.75. The van der Waals surface area contributed by atoms with Crippen LogP contribution >= 0.6 is 0 Å². The molecule has 1 aliphatic carbocycles. The van der Waals surface area contributed by atoms with Crippen molar-refractivity contribution in [3.63, 3.8) is 0 Å². The van der Waals surface area contributed by atoms with Crippen LogP contribution in [-0.2, 0) is 16.8 Å². The smallest absolute Gasteiger partial charge is 0.242 e. The summed E-state index contributed by atoms with van der Waals surface area (Å²) in [7, 11) is 0. The highest BCUT2D eigenvalue weighted by atomic mass is 16.1. The second kappa shape index (κ2) is 4.26. The Morgan fingerprint density at radius 3 is 2.94 bits per heavy atom. The van der Waals surface area contributed by atoms with Gasteiger partial charge in [0, 0.05) is 0 Å². The lowest BCUT2D eigenvalue weighted by atomic mass is 9.76. The van der Waals surface area contributed by atoms with Crippen molar-refractivity contribution in [3.05, 3.63) is 35.4 Å². The summed E-state index contributed by atoms with van der Waals surface area (Å²) in [5, 5.41) is 3.28. The van der Waals surface area contributed by atoms with Gasteiger partial charge in [-0.25, -0.2) is 0 Å². The van der Waals surface area contributed by atoms with Crippen molar-refractivity contribution in [2.45, 2.75) is 31.7 Å². The Balaban J connectivity index is 2.52. The van der Waals surface area contributed by atoms with Gasteiger partial charge in [-0.2, -0.15) is 0 Å². The van der Waals surface area contributed by atoms with Gasteiger partial charge in [0.25, 0.3) is 0 Å². The van der Waals surface area contributed by atoms with E-state index in [1.807, 2.05) is 25.1 Å². The fourth-order valence-corrected chi connectivity index (χ4v) is 2.66. The van der Waals surface area contributed by atoms with Crippen molar-refractivity contribution < 1.29 is 4.79 Å². The molecule has 1 aromatic carbocycles. The van der Waals surface area contributed by atoms with Crippen LogP contribution in [0.4, 0.5) is 0 Å². The summed E-state index contributed by atoms with van der Waals surface area (Å²) in [6, 6.07) is 8.09. The van der Waals surface area contributed by atoms with Gasteiger partial charge < -0.3 is 5.73 Å². The minimum Gasteiger partial charge on any atom is -0.368 e. The zero-order valence-electron chi connectivity index (χ0n) is 9.62. The van der Waals surface area contributed by atoms with Crippen LogP contribution in [0.3, 0.4) is 0 Å². The highest BCUT2D eigenvalue weighted by molar-refractivity contribution is 5.87. The van der Waals surface area contributed by atoms with E-state index in [2.05, 4.69) is 11.4 Å². The molecule has 3 N–H and O–H groups in total. The molecule has 0 heterocycles. The van der Waals surface area contributed by atoms with Crippen LogP contribution in [0.5, 0.6) is 0 Å². The molecule has 1 aliphatic rings. The minimum atomic E-state index is -0.649. The first-order chi connectivity index (χ1) is 7.70. The molecule has 0 aliphatic heterocycles. The quantitative estimate of drug-likeness (QED) is 0.803. The van der Waals surface area contributed by atoms with Gasteiger partial charge in [-0.05, 0) is 36.9 Å². The van der Waals surface area contributed by atoms with Gasteiger partial charge in [-0.15, -0.1) is 0 Å². The third-order valence-electron chi connectivity index (χ3n) is 3.37. The van der Waals surface area contributed by atoms with E-state index < -0.39 is 5.54 Å². The van der Waals surface area contributed by atoms with Crippen LogP contribution in [0.1, 0.15) is 30.9 Å². The number of carbonyl (C=O) groups is 1. The molecule has 0 fully saturated rings. The first-order valence-electron chi connectivity index (χ1n) is 5.84. The van der Waals surface area contributed by atoms with E-state index in [1.165, 1.54) is 5.56 Å². The Hall–Kier alpha value is -1.35. The van der Waals surface area contributed by atoms with Gasteiger partial charge in [0.2, 0.25) is 5.91 Å². The Bertz CT molecular complexity index is 403. The second-order valence-electron chi connectivity index (χ2n) is 4.31. The average molecular weight is 218 g/mol. The molecule has 3 heteroatoms. The lowest BCUT2D eigenvalue weighted by Gasteiger charge is -2.37. The summed E-state index contributed by atoms with van der Waals surface area (Å²) >= 11 is 0. The summed E-state index contributed by atoms with van der Waals surface area (Å²) < 4.78 is 0. The highest BCUT2D eigenvalue weighted by Crippen LogP contribution is 2.34. The van der Waals surface area contributed by atoms with Crippen molar-refractivity contribution in [3.8, 4) is 0 Å². The molecule has 3 nitrogen and oxygen atoms in total. The van der Waals surface area contributed by atoms with Crippen molar-refractivity contribution >= 4 is 5.91 Å². The first kappa shape index (κ1) is 11.1. The number of likely N-dealkylation sites (N-methyl/N-ethyl adjacent to an activating group) is 1. The van der Waals surface area contributed by atoms with E-state index in [0.29, 0.717) is 0 Å². The molecule has 0 radical (unpaired) electrons. The molecular weight excluding hydrogens is 200 g/mol. The normalized spacial score (nSPS) is 23.8. The number of nitrogens with two attached hydrogens (primary N) is 1. The molecule has 2 rings (SSSR count). The van der Waals surface area contributed by atoms with E-state index in [-0.39, 0.29) is 5.91 Å². The molecule has 0 aromatic heterocycles. The summed E-state index contributed by atoms with van der Waals surface area (Å²) in [6.07, 6.45) is 2.84. The first-order valence-corrected chi connectivity index (χ1v) is 5.84. The van der Waals surface area contributed by atoms with E-state index in [1.54, 1.807) is 0 Å². The number of rotatable bonds is 3. The van der Waals surface area contributed by atoms with Gasteiger partial charge >= 0.3 is 0 Å². The summed E-state index contributed by atoms with van der Waals surface area (Å²) in [5.41, 5.74) is 7.26. The van der Waals surface area contributed by atoms with Crippen molar-refractivity contribution in [2.24, 2.45) is 5.73 Å². The van der Waals surface area contributed by atoms with Gasteiger partial charge in [0.1, 0.15) is 5.54 Å². The van der Waals surface area contributed by atoms with Crippen LogP contribution in [0.2, 0.25) is 0 Å². The standard InChI is InChI=1S/C13H18N2O/c1-2-15-13(12(14)16)9-5-7-10-6-3-4-8-11(10)13/h3-4,6,8,15H,2,5,7,9H2,1H3,(H2,14,16). The Morgan fingerprint density at radius 1 is 1.50 bits per heavy atom. The molecule has 16 heavy (non-hydrogen) atoms. The van der Waals surface area contributed by atoms with Gasteiger partial charge in [0.15, 0.2) is 0 Å². The predicted octanol–water partition coefficient (Wildman–Crippen LogP) is 1.31. The minimum absolute atomic E-state index is 0.262. The second-order valence-corrected chi connectivity index (χ2v) is 4.31. The van der Waals surface area contributed by atoms with Crippen molar-refractivity contribution in [2.75, 3.05) is 6.54 Å². The van der Waals surface area contributed by atoms with E-state index in [4.69, 9.17) is 5.73 Å². The molecule has 86 valence electrons. The maximum Gasteiger partial charge on any atom is 0.242 e. The Kier molecular flexibility index (Phi) is 2.97. The van der Waals surface area contributed by atoms with Crippen LogP contribution in [-0.4, -0.2) is 12.5 Å². The number of amides is 1. The summed E-state index contributed by atoms with van der Waals surface area (Å²) in [4.78, 5) is 11.8. The van der Waals surface area contributed by atoms with Crippen LogP contribution in [0.15, 0.2) is 24.3 Å². The lowest BCUT2D eigenvalue weighted by molar-refractivity contribution is -0.125. The zero-order valence-corrected chi connectivity index (χ0v) is 9.62. The number of primary amides is 1. The Morgan fingerprint density at radius 2 is 2.25 bits per heavy atom. The fraction of sp³-hybridized carbons (Fsp3) is 0.462. The van der Waals surface area contributed by atoms with E-state index in [0.717, 1.165) is 31.4 Å². The molecular formula is C13H18N2O. The molecule has 0 saturated heterocycles. The highest BCUT2D eigenvalue weighted by Gasteiger charge is 2.40. The molecule has 0 bridgehead atoms. The van der Waals surface area contributed by atoms with Crippen LogP contribution in [0.25, 0.3) is 0 Å². The Labute approximate surface area is 96.0 Å². The predicted molar refractivity (Wildman–Crippen MR) is 63.9 cm³/mol. The van der Waals surface area contributed by atoms with Gasteiger partial charge in [-0.1, -0.05) is 31.2 Å². The molecule has 1 atom stereocenters. The zero-order chi connectivity index (χ0) is 11.6. The van der Waals surface area contributed by atoms with Crippen LogP contribution < -0.4 is 11.1 Å². The molecule has 0 spiro atoms. The van der Waals surface area contributed by atoms with Gasteiger partial charge in [-0.3, -0.25) is 10.1 Å². The number of aryl methyl sites for hydroxylation is 1. The SMILES string of the molecule is CCNC1(C(N)=O)CCCc2ccccc21. The van der Waals surface area contributed by atoms with Crippen molar-refractivity contribution in [1.82, 2.24) is 5.32 Å². The molecule has 1 unspecified atom stereocenters. The van der Waals surface area contributed by atoms with Crippen molar-refractivity contribution in [1.29, 1.82) is 0 Å². The number of hydrogen-bond donors (Lipinski definition) is 2. The number of fused-ring (bicyclic) bond motifs is 1. The molecule has 1 amide bonds. The third-order valence-corrected chi connectivity index (χ3v) is 3.37. The number of carbonyl (C=O) groups excluding carboxylic acids is 1. The lowest BCUT2D eigenvalue weighted by Crippen LogP contribution is -2.54. The topological polar surface area (TPSA) is 55.1 Å². The molecule has 0 saturated carbocycles. The van der Waals surface area contributed by atoms with Gasteiger partial charge in [0.05, 0.1) is 0 Å². The number of nitrogens with one attached hydrogen (secondary N) is 1.